The molecule has 100 valence electrons. The Morgan fingerprint density at radius 3 is 2.89 bits per heavy atom. The molecule has 3 nitrogen and oxygen atoms in total. The molecule has 0 aliphatic rings. The number of anilines is 1. The fourth-order valence-electron chi connectivity index (χ4n) is 1.76. The summed E-state index contributed by atoms with van der Waals surface area (Å²) < 4.78 is 5.75. The van der Waals surface area contributed by atoms with Crippen molar-refractivity contribution in [3.05, 3.63) is 52.7 Å². The van der Waals surface area contributed by atoms with E-state index in [-0.39, 0.29) is 0 Å². The summed E-state index contributed by atoms with van der Waals surface area (Å²) in [5.74, 6) is 1.55. The fourth-order valence-corrected chi connectivity index (χ4v) is 2.05. The third-order valence-corrected chi connectivity index (χ3v) is 3.00. The van der Waals surface area contributed by atoms with Crippen molar-refractivity contribution in [2.45, 2.75) is 20.5 Å². The third-order valence-electron chi connectivity index (χ3n) is 2.71. The number of nitrogens with one attached hydrogen (secondary N) is 1. The number of nitrogens with zero attached hydrogens (tertiary/aromatic N) is 1. The lowest BCUT2D eigenvalue weighted by molar-refractivity contribution is 0.306. The highest BCUT2D eigenvalue weighted by molar-refractivity contribution is 6.32. The molecule has 4 heteroatoms. The van der Waals surface area contributed by atoms with Crippen molar-refractivity contribution in [2.24, 2.45) is 0 Å². The number of halogens is 1. The SMILES string of the molecule is CCNc1ncccc1COc1ccc(C)cc1Cl. The van der Waals surface area contributed by atoms with Crippen LogP contribution in [0.15, 0.2) is 36.5 Å². The van der Waals surface area contributed by atoms with E-state index in [1.54, 1.807) is 6.20 Å². The molecule has 1 aromatic carbocycles. The highest BCUT2D eigenvalue weighted by atomic mass is 35.5. The molecule has 1 N–H and O–H groups in total. The standard InChI is InChI=1S/C15H17ClN2O/c1-3-17-15-12(5-4-8-18-15)10-19-14-7-6-11(2)9-13(14)16/h4-9H,3,10H2,1-2H3,(H,17,18). The monoisotopic (exact) mass is 276 g/mol. The minimum absolute atomic E-state index is 0.443. The molecule has 2 rings (SSSR count). The average Bonchev–Trinajstić information content (AvgIpc) is 2.40. The lowest BCUT2D eigenvalue weighted by atomic mass is 10.2. The summed E-state index contributed by atoms with van der Waals surface area (Å²) in [5.41, 5.74) is 2.13. The number of aromatic nitrogens is 1. The predicted molar refractivity (Wildman–Crippen MR) is 78.9 cm³/mol. The fraction of sp³-hybridized carbons (Fsp3) is 0.267. The molecule has 0 saturated heterocycles. The van der Waals surface area contributed by atoms with Gasteiger partial charge in [-0.1, -0.05) is 23.7 Å². The molecule has 0 fully saturated rings. The van der Waals surface area contributed by atoms with Crippen molar-refractivity contribution in [1.82, 2.24) is 4.98 Å². The second-order valence-electron chi connectivity index (χ2n) is 4.26. The highest BCUT2D eigenvalue weighted by Gasteiger charge is 2.05. The first-order valence-corrected chi connectivity index (χ1v) is 6.65. The van der Waals surface area contributed by atoms with Crippen LogP contribution in [0.5, 0.6) is 5.75 Å². The zero-order valence-corrected chi connectivity index (χ0v) is 11.9. The highest BCUT2D eigenvalue weighted by Crippen LogP contribution is 2.26. The van der Waals surface area contributed by atoms with Gasteiger partial charge < -0.3 is 10.1 Å². The summed E-state index contributed by atoms with van der Waals surface area (Å²) in [6.07, 6.45) is 1.76. The van der Waals surface area contributed by atoms with Gasteiger partial charge in [0.25, 0.3) is 0 Å². The van der Waals surface area contributed by atoms with Crippen molar-refractivity contribution < 1.29 is 4.74 Å². The topological polar surface area (TPSA) is 34.2 Å². The Labute approximate surface area is 118 Å². The molecule has 1 aromatic heterocycles. The minimum Gasteiger partial charge on any atom is -0.487 e. The molecule has 2 aromatic rings. The lowest BCUT2D eigenvalue weighted by Crippen LogP contribution is -2.05. The molecule has 0 unspecified atom stereocenters. The first-order valence-electron chi connectivity index (χ1n) is 6.27. The van der Waals surface area contributed by atoms with Gasteiger partial charge >= 0.3 is 0 Å². The summed E-state index contributed by atoms with van der Waals surface area (Å²) in [4.78, 5) is 4.29. The Morgan fingerprint density at radius 2 is 2.16 bits per heavy atom. The Balaban J connectivity index is 2.10. The van der Waals surface area contributed by atoms with Gasteiger partial charge in [0.1, 0.15) is 18.2 Å². The molecule has 1 heterocycles. The van der Waals surface area contributed by atoms with E-state index in [0.29, 0.717) is 17.4 Å². The minimum atomic E-state index is 0.443. The van der Waals surface area contributed by atoms with E-state index in [4.69, 9.17) is 16.3 Å². The zero-order valence-electron chi connectivity index (χ0n) is 11.1. The first kappa shape index (κ1) is 13.7. The first-order chi connectivity index (χ1) is 9.20. The van der Waals surface area contributed by atoms with Crippen LogP contribution in [-0.4, -0.2) is 11.5 Å². The van der Waals surface area contributed by atoms with Gasteiger partial charge in [-0.3, -0.25) is 0 Å². The van der Waals surface area contributed by atoms with Crippen molar-refractivity contribution in [3.8, 4) is 5.75 Å². The smallest absolute Gasteiger partial charge is 0.138 e. The third kappa shape index (κ3) is 3.61. The summed E-state index contributed by atoms with van der Waals surface area (Å²) >= 11 is 6.14. The van der Waals surface area contributed by atoms with E-state index in [1.807, 2.05) is 44.2 Å². The van der Waals surface area contributed by atoms with Crippen LogP contribution in [0.25, 0.3) is 0 Å². The van der Waals surface area contributed by atoms with Crippen molar-refractivity contribution >= 4 is 17.4 Å². The maximum atomic E-state index is 6.14. The van der Waals surface area contributed by atoms with Crippen LogP contribution in [0.1, 0.15) is 18.1 Å². The Bertz CT molecular complexity index is 558. The quantitative estimate of drug-likeness (QED) is 0.894. The van der Waals surface area contributed by atoms with E-state index < -0.39 is 0 Å². The maximum absolute atomic E-state index is 6.14. The van der Waals surface area contributed by atoms with Crippen LogP contribution < -0.4 is 10.1 Å². The molecule has 0 aliphatic carbocycles. The lowest BCUT2D eigenvalue weighted by Gasteiger charge is -2.12. The van der Waals surface area contributed by atoms with E-state index in [1.165, 1.54) is 0 Å². The second-order valence-corrected chi connectivity index (χ2v) is 4.67. The van der Waals surface area contributed by atoms with Gasteiger partial charge in [-0.15, -0.1) is 0 Å². The van der Waals surface area contributed by atoms with Gasteiger partial charge in [-0.25, -0.2) is 4.98 Å². The molecular weight excluding hydrogens is 260 g/mol. The summed E-state index contributed by atoms with van der Waals surface area (Å²) in [6.45, 7) is 5.31. The van der Waals surface area contributed by atoms with E-state index in [9.17, 15) is 0 Å². The molecule has 0 saturated carbocycles. The largest absolute Gasteiger partial charge is 0.487 e. The maximum Gasteiger partial charge on any atom is 0.138 e. The number of pyridine rings is 1. The van der Waals surface area contributed by atoms with Crippen LogP contribution in [0.2, 0.25) is 5.02 Å². The number of benzene rings is 1. The molecule has 0 amide bonds. The van der Waals surface area contributed by atoms with Gasteiger partial charge in [0.05, 0.1) is 5.02 Å². The number of ether oxygens (including phenoxy) is 1. The Hall–Kier alpha value is -1.74. The predicted octanol–water partition coefficient (Wildman–Crippen LogP) is 4.05. The van der Waals surface area contributed by atoms with Gasteiger partial charge in [0.2, 0.25) is 0 Å². The van der Waals surface area contributed by atoms with Crippen LogP contribution >= 0.6 is 11.6 Å². The number of hydrogen-bond acceptors (Lipinski definition) is 3. The average molecular weight is 277 g/mol. The van der Waals surface area contributed by atoms with Gasteiger partial charge in [-0.05, 0) is 37.6 Å². The van der Waals surface area contributed by atoms with Crippen molar-refractivity contribution in [2.75, 3.05) is 11.9 Å². The van der Waals surface area contributed by atoms with Gasteiger partial charge in [0, 0.05) is 18.3 Å². The summed E-state index contributed by atoms with van der Waals surface area (Å²) in [7, 11) is 0. The Morgan fingerprint density at radius 1 is 1.32 bits per heavy atom. The molecule has 0 atom stereocenters. The molecule has 0 aliphatic heterocycles. The van der Waals surface area contributed by atoms with Crippen LogP contribution in [0.4, 0.5) is 5.82 Å². The molecule has 0 bridgehead atoms. The van der Waals surface area contributed by atoms with Crippen LogP contribution in [0, 0.1) is 6.92 Å². The zero-order chi connectivity index (χ0) is 13.7. The normalized spacial score (nSPS) is 10.3. The molecule has 0 spiro atoms. The van der Waals surface area contributed by atoms with E-state index in [0.717, 1.165) is 23.5 Å². The van der Waals surface area contributed by atoms with Gasteiger partial charge in [0.15, 0.2) is 0 Å². The van der Waals surface area contributed by atoms with Gasteiger partial charge in [-0.2, -0.15) is 0 Å². The Kier molecular flexibility index (Phi) is 4.63. The molecule has 19 heavy (non-hydrogen) atoms. The van der Waals surface area contributed by atoms with Crippen molar-refractivity contribution in [3.63, 3.8) is 0 Å². The summed E-state index contributed by atoms with van der Waals surface area (Å²) in [5, 5.41) is 3.85. The summed E-state index contributed by atoms with van der Waals surface area (Å²) in [6, 6.07) is 9.66. The van der Waals surface area contributed by atoms with E-state index in [2.05, 4.69) is 10.3 Å². The van der Waals surface area contributed by atoms with E-state index >= 15 is 0 Å². The molecular formula is C15H17ClN2O. The van der Waals surface area contributed by atoms with Crippen molar-refractivity contribution in [1.29, 1.82) is 0 Å². The van der Waals surface area contributed by atoms with Crippen LogP contribution in [-0.2, 0) is 6.61 Å². The molecule has 0 radical (unpaired) electrons. The second kappa shape index (κ2) is 6.43. The number of rotatable bonds is 5. The number of aryl methyl sites for hydroxylation is 1. The number of hydrogen-bond donors (Lipinski definition) is 1. The van der Waals surface area contributed by atoms with Crippen LogP contribution in [0.3, 0.4) is 0 Å².